The van der Waals surface area contributed by atoms with E-state index in [4.69, 9.17) is 9.47 Å². The Bertz CT molecular complexity index is 300. The molecule has 0 spiro atoms. The molecule has 16 heavy (non-hydrogen) atoms. The maximum atomic E-state index is 5.99. The van der Waals surface area contributed by atoms with Crippen LogP contribution in [0.5, 0.6) is 0 Å². The van der Waals surface area contributed by atoms with E-state index in [9.17, 15) is 0 Å². The topological polar surface area (TPSA) is 18.5 Å². The van der Waals surface area contributed by atoms with Crippen LogP contribution in [0.15, 0.2) is 30.3 Å². The molecule has 0 radical (unpaired) electrons. The number of benzene rings is 1. The van der Waals surface area contributed by atoms with E-state index in [1.807, 2.05) is 18.2 Å². The summed E-state index contributed by atoms with van der Waals surface area (Å²) in [7, 11) is 0. The molecule has 2 nitrogen and oxygen atoms in total. The van der Waals surface area contributed by atoms with E-state index in [0.717, 1.165) is 44.5 Å². The molecule has 1 saturated heterocycles. The fourth-order valence-electron chi connectivity index (χ4n) is 2.20. The molecular formula is C14H20O2. The lowest BCUT2D eigenvalue weighted by atomic mass is 10.0. The zero-order valence-electron chi connectivity index (χ0n) is 9.95. The SMILES string of the molecule is CCCC1(c2ccccc2)OCCCCO1. The van der Waals surface area contributed by atoms with Crippen LogP contribution in [0.2, 0.25) is 0 Å². The standard InChI is InChI=1S/C14H20O2/c1-2-10-14(13-8-4-3-5-9-13)15-11-6-7-12-16-14/h3-5,8-9H,2,6-7,10-12H2,1H3. The first-order valence-corrected chi connectivity index (χ1v) is 6.21. The molecule has 1 aromatic rings. The minimum Gasteiger partial charge on any atom is -0.346 e. The third-order valence-corrected chi connectivity index (χ3v) is 3.00. The third-order valence-electron chi connectivity index (χ3n) is 3.00. The predicted octanol–water partition coefficient (Wildman–Crippen LogP) is 3.47. The smallest absolute Gasteiger partial charge is 0.194 e. The summed E-state index contributed by atoms with van der Waals surface area (Å²) in [5.41, 5.74) is 1.15. The highest BCUT2D eigenvalue weighted by atomic mass is 16.7. The van der Waals surface area contributed by atoms with Gasteiger partial charge >= 0.3 is 0 Å². The second-order valence-electron chi connectivity index (χ2n) is 4.27. The van der Waals surface area contributed by atoms with Crippen molar-refractivity contribution in [1.29, 1.82) is 0 Å². The van der Waals surface area contributed by atoms with Gasteiger partial charge in [0.25, 0.3) is 0 Å². The summed E-state index contributed by atoms with van der Waals surface area (Å²) < 4.78 is 12.0. The molecule has 0 saturated carbocycles. The Kier molecular flexibility index (Phi) is 3.97. The monoisotopic (exact) mass is 220 g/mol. The number of rotatable bonds is 3. The van der Waals surface area contributed by atoms with Crippen molar-refractivity contribution in [3.63, 3.8) is 0 Å². The lowest BCUT2D eigenvalue weighted by Crippen LogP contribution is -2.32. The van der Waals surface area contributed by atoms with Gasteiger partial charge in [0.2, 0.25) is 0 Å². The fraction of sp³-hybridized carbons (Fsp3) is 0.571. The molecule has 0 aliphatic carbocycles. The van der Waals surface area contributed by atoms with Crippen LogP contribution < -0.4 is 0 Å². The van der Waals surface area contributed by atoms with Gasteiger partial charge in [-0.3, -0.25) is 0 Å². The Hall–Kier alpha value is -0.860. The Morgan fingerprint density at radius 3 is 2.25 bits per heavy atom. The van der Waals surface area contributed by atoms with Crippen molar-refractivity contribution < 1.29 is 9.47 Å². The second kappa shape index (κ2) is 5.46. The Balaban J connectivity index is 2.26. The van der Waals surface area contributed by atoms with E-state index in [1.165, 1.54) is 0 Å². The summed E-state index contributed by atoms with van der Waals surface area (Å²) in [6.45, 7) is 3.77. The molecule has 0 amide bonds. The minimum absolute atomic E-state index is 0.494. The molecule has 1 heterocycles. The summed E-state index contributed by atoms with van der Waals surface area (Å²) >= 11 is 0. The largest absolute Gasteiger partial charge is 0.346 e. The molecule has 0 atom stereocenters. The molecule has 0 aromatic heterocycles. The maximum absolute atomic E-state index is 5.99. The van der Waals surface area contributed by atoms with Crippen LogP contribution in [0.3, 0.4) is 0 Å². The van der Waals surface area contributed by atoms with Crippen LogP contribution in [0, 0.1) is 0 Å². The molecule has 2 heteroatoms. The highest BCUT2D eigenvalue weighted by Crippen LogP contribution is 2.34. The first kappa shape index (κ1) is 11.6. The maximum Gasteiger partial charge on any atom is 0.194 e. The number of hydrogen-bond acceptors (Lipinski definition) is 2. The molecule has 0 unspecified atom stereocenters. The van der Waals surface area contributed by atoms with E-state index in [2.05, 4.69) is 19.1 Å². The average Bonchev–Trinajstić information content (AvgIpc) is 2.57. The summed E-state index contributed by atoms with van der Waals surface area (Å²) in [6.07, 6.45) is 4.18. The fourth-order valence-corrected chi connectivity index (χ4v) is 2.20. The van der Waals surface area contributed by atoms with Gasteiger partial charge in [-0.25, -0.2) is 0 Å². The van der Waals surface area contributed by atoms with Crippen molar-refractivity contribution in [2.75, 3.05) is 13.2 Å². The van der Waals surface area contributed by atoms with Crippen LogP contribution in [-0.4, -0.2) is 13.2 Å². The van der Waals surface area contributed by atoms with E-state index >= 15 is 0 Å². The van der Waals surface area contributed by atoms with Gasteiger partial charge in [0.15, 0.2) is 5.79 Å². The van der Waals surface area contributed by atoms with Gasteiger partial charge in [0, 0.05) is 12.0 Å². The van der Waals surface area contributed by atoms with Crippen LogP contribution in [0.1, 0.15) is 38.2 Å². The van der Waals surface area contributed by atoms with E-state index < -0.39 is 5.79 Å². The molecular weight excluding hydrogens is 200 g/mol. The molecule has 2 rings (SSSR count). The summed E-state index contributed by atoms with van der Waals surface area (Å²) in [5.74, 6) is -0.494. The van der Waals surface area contributed by atoms with E-state index in [0.29, 0.717) is 0 Å². The van der Waals surface area contributed by atoms with Gasteiger partial charge in [-0.1, -0.05) is 43.7 Å². The Labute approximate surface area is 97.6 Å². The van der Waals surface area contributed by atoms with Gasteiger partial charge in [-0.2, -0.15) is 0 Å². The normalized spacial score (nSPS) is 20.3. The van der Waals surface area contributed by atoms with E-state index in [1.54, 1.807) is 0 Å². The summed E-state index contributed by atoms with van der Waals surface area (Å²) in [6, 6.07) is 10.3. The van der Waals surface area contributed by atoms with Gasteiger partial charge in [-0.15, -0.1) is 0 Å². The highest BCUT2D eigenvalue weighted by Gasteiger charge is 2.34. The Morgan fingerprint density at radius 1 is 1.06 bits per heavy atom. The third kappa shape index (κ3) is 2.45. The van der Waals surface area contributed by atoms with Crippen molar-refractivity contribution in [2.24, 2.45) is 0 Å². The summed E-state index contributed by atoms with van der Waals surface area (Å²) in [4.78, 5) is 0. The zero-order valence-corrected chi connectivity index (χ0v) is 9.95. The molecule has 1 aliphatic heterocycles. The van der Waals surface area contributed by atoms with Gasteiger partial charge in [0.05, 0.1) is 13.2 Å². The van der Waals surface area contributed by atoms with Crippen LogP contribution >= 0.6 is 0 Å². The van der Waals surface area contributed by atoms with Crippen LogP contribution in [-0.2, 0) is 15.3 Å². The van der Waals surface area contributed by atoms with Crippen molar-refractivity contribution in [2.45, 2.75) is 38.4 Å². The van der Waals surface area contributed by atoms with Gasteiger partial charge in [0.1, 0.15) is 0 Å². The quantitative estimate of drug-likeness (QED) is 0.776. The first-order valence-electron chi connectivity index (χ1n) is 6.21. The molecule has 1 aliphatic rings. The molecule has 0 bridgehead atoms. The predicted molar refractivity (Wildman–Crippen MR) is 64.2 cm³/mol. The second-order valence-corrected chi connectivity index (χ2v) is 4.27. The van der Waals surface area contributed by atoms with Crippen molar-refractivity contribution in [1.82, 2.24) is 0 Å². The lowest BCUT2D eigenvalue weighted by Gasteiger charge is -2.32. The molecule has 1 aromatic carbocycles. The first-order chi connectivity index (χ1) is 7.87. The van der Waals surface area contributed by atoms with Crippen LogP contribution in [0.4, 0.5) is 0 Å². The van der Waals surface area contributed by atoms with Gasteiger partial charge < -0.3 is 9.47 Å². The zero-order chi connectivity index (χ0) is 11.3. The lowest BCUT2D eigenvalue weighted by molar-refractivity contribution is -0.239. The van der Waals surface area contributed by atoms with E-state index in [-0.39, 0.29) is 0 Å². The summed E-state index contributed by atoms with van der Waals surface area (Å²) in [5, 5.41) is 0. The number of hydrogen-bond donors (Lipinski definition) is 0. The number of ether oxygens (including phenoxy) is 2. The Morgan fingerprint density at radius 2 is 1.69 bits per heavy atom. The van der Waals surface area contributed by atoms with Crippen molar-refractivity contribution >= 4 is 0 Å². The minimum atomic E-state index is -0.494. The van der Waals surface area contributed by atoms with Gasteiger partial charge in [-0.05, 0) is 12.8 Å². The molecule has 1 fully saturated rings. The average molecular weight is 220 g/mol. The highest BCUT2D eigenvalue weighted by molar-refractivity contribution is 5.20. The van der Waals surface area contributed by atoms with Crippen molar-refractivity contribution in [3.8, 4) is 0 Å². The molecule has 0 N–H and O–H groups in total. The molecule has 88 valence electrons. The van der Waals surface area contributed by atoms with Crippen molar-refractivity contribution in [3.05, 3.63) is 35.9 Å². The van der Waals surface area contributed by atoms with Crippen LogP contribution in [0.25, 0.3) is 0 Å².